The molecule has 0 saturated carbocycles. The van der Waals surface area contributed by atoms with Gasteiger partial charge in [0.1, 0.15) is 0 Å². The smallest absolute Gasteiger partial charge is 0.220 e. The predicted molar refractivity (Wildman–Crippen MR) is 138 cm³/mol. The molecule has 0 fully saturated rings. The maximum Gasteiger partial charge on any atom is 0.220 e. The largest absolute Gasteiger partial charge is 0.279 e. The highest BCUT2D eigenvalue weighted by Gasteiger charge is 2.34. The summed E-state index contributed by atoms with van der Waals surface area (Å²) in [6.07, 6.45) is 0. The third-order valence-corrected chi connectivity index (χ3v) is 8.90. The van der Waals surface area contributed by atoms with Gasteiger partial charge in [0.25, 0.3) is 0 Å². The van der Waals surface area contributed by atoms with Crippen LogP contribution in [-0.2, 0) is 9.84 Å². The molecule has 0 aliphatic carbocycles. The highest BCUT2D eigenvalue weighted by atomic mass is 32.2. The van der Waals surface area contributed by atoms with Gasteiger partial charge in [-0.05, 0) is 47.2 Å². The van der Waals surface area contributed by atoms with E-state index in [1.807, 2.05) is 28.8 Å². The van der Waals surface area contributed by atoms with E-state index in [1.54, 1.807) is 24.3 Å². The van der Waals surface area contributed by atoms with E-state index >= 15 is 0 Å². The van der Waals surface area contributed by atoms with Crippen LogP contribution in [0.25, 0.3) is 55.2 Å². The van der Waals surface area contributed by atoms with Crippen molar-refractivity contribution in [3.05, 3.63) is 103 Å². The first-order valence-corrected chi connectivity index (χ1v) is 12.9. The van der Waals surface area contributed by atoms with Gasteiger partial charge < -0.3 is 0 Å². The minimum Gasteiger partial charge on any atom is -0.279 e. The molecule has 0 N–H and O–H groups in total. The second-order valence-corrected chi connectivity index (χ2v) is 10.8. The summed E-state index contributed by atoms with van der Waals surface area (Å²) in [6.45, 7) is 0. The van der Waals surface area contributed by atoms with Crippen LogP contribution < -0.4 is 0 Å². The molecule has 3 heterocycles. The molecular weight excluding hydrogens is 454 g/mol. The van der Waals surface area contributed by atoms with Crippen molar-refractivity contribution >= 4 is 53.4 Å². The van der Waals surface area contributed by atoms with E-state index in [0.29, 0.717) is 32.5 Å². The Morgan fingerprint density at radius 3 is 2.26 bits per heavy atom. The third kappa shape index (κ3) is 2.27. The minimum atomic E-state index is -3.65. The Labute approximate surface area is 200 Å². The van der Waals surface area contributed by atoms with Crippen molar-refractivity contribution in [2.75, 3.05) is 0 Å². The number of benzene rings is 5. The Morgan fingerprint density at radius 1 is 0.600 bits per heavy atom. The lowest BCUT2D eigenvalue weighted by atomic mass is 10.0. The molecule has 6 heteroatoms. The van der Waals surface area contributed by atoms with Crippen LogP contribution in [0.15, 0.2) is 113 Å². The lowest BCUT2D eigenvalue weighted by Gasteiger charge is -2.21. The number of rotatable bonds is 1. The number of imidazole rings is 1. The average Bonchev–Trinajstić information content (AvgIpc) is 3.44. The fourth-order valence-corrected chi connectivity index (χ4v) is 7.26. The monoisotopic (exact) mass is 471 g/mol. The normalized spacial score (nSPS) is 14.2. The number of hydrogen-bond donors (Lipinski definition) is 0. The number of aromatic nitrogens is 3. The highest BCUT2D eigenvalue weighted by Crippen LogP contribution is 2.42. The van der Waals surface area contributed by atoms with Crippen molar-refractivity contribution in [2.45, 2.75) is 9.79 Å². The third-order valence-electron chi connectivity index (χ3n) is 7.07. The van der Waals surface area contributed by atoms with E-state index in [2.05, 4.69) is 59.2 Å². The molecule has 1 aliphatic heterocycles. The Bertz CT molecular complexity index is 2130. The number of hydrogen-bond acceptors (Lipinski definition) is 3. The zero-order valence-corrected chi connectivity index (χ0v) is 19.2. The van der Waals surface area contributed by atoms with Gasteiger partial charge >= 0.3 is 0 Å². The maximum absolute atomic E-state index is 13.5. The molecule has 0 spiro atoms. The van der Waals surface area contributed by atoms with E-state index in [-0.39, 0.29) is 0 Å². The van der Waals surface area contributed by atoms with Crippen LogP contribution in [0.3, 0.4) is 0 Å². The molecule has 0 atom stereocenters. The van der Waals surface area contributed by atoms with Gasteiger partial charge in [-0.2, -0.15) is 0 Å². The van der Waals surface area contributed by atoms with Gasteiger partial charge in [0, 0.05) is 10.8 Å². The van der Waals surface area contributed by atoms with Gasteiger partial charge in [-0.1, -0.05) is 66.7 Å². The maximum atomic E-state index is 13.5. The summed E-state index contributed by atoms with van der Waals surface area (Å²) in [5.74, 6) is 0.677. The minimum absolute atomic E-state index is 0.290. The summed E-state index contributed by atoms with van der Waals surface area (Å²) in [7, 11) is -3.65. The summed E-state index contributed by atoms with van der Waals surface area (Å²) in [5.41, 5.74) is 3.95. The Hall–Kier alpha value is -4.42. The van der Waals surface area contributed by atoms with Crippen LogP contribution in [0.4, 0.5) is 0 Å². The van der Waals surface area contributed by atoms with Gasteiger partial charge in [-0.15, -0.1) is 0 Å². The molecule has 0 unspecified atom stereocenters. The highest BCUT2D eigenvalue weighted by molar-refractivity contribution is 7.92. The fourth-order valence-electron chi connectivity index (χ4n) is 5.62. The summed E-state index contributed by atoms with van der Waals surface area (Å²) in [6, 6.07) is 33.5. The average molecular weight is 472 g/mol. The first-order chi connectivity index (χ1) is 17.1. The van der Waals surface area contributed by atoms with Crippen molar-refractivity contribution in [1.82, 2.24) is 14.1 Å². The van der Waals surface area contributed by atoms with Crippen LogP contribution in [0, 0.1) is 0 Å². The Kier molecular flexibility index (Phi) is 3.45. The number of fused-ring (bicyclic) bond motifs is 7. The molecule has 7 aromatic rings. The van der Waals surface area contributed by atoms with E-state index in [1.165, 1.54) is 10.8 Å². The zero-order valence-electron chi connectivity index (χ0n) is 18.4. The topological polar surface area (TPSA) is 56.9 Å². The fraction of sp³-hybridized carbons (Fsp3) is 0. The van der Waals surface area contributed by atoms with Gasteiger partial charge in [-0.3, -0.25) is 9.13 Å². The van der Waals surface area contributed by atoms with Gasteiger partial charge in [0.15, 0.2) is 0 Å². The van der Waals surface area contributed by atoms with E-state index in [4.69, 9.17) is 4.98 Å². The summed E-state index contributed by atoms with van der Waals surface area (Å²) in [4.78, 5) is 5.62. The predicted octanol–water partition coefficient (Wildman–Crippen LogP) is 6.42. The second-order valence-electron chi connectivity index (χ2n) is 8.88. The van der Waals surface area contributed by atoms with Crippen molar-refractivity contribution in [3.8, 4) is 11.6 Å². The van der Waals surface area contributed by atoms with E-state index in [0.717, 1.165) is 21.8 Å². The number of sulfone groups is 1. The van der Waals surface area contributed by atoms with Crippen LogP contribution >= 0.6 is 0 Å². The molecule has 0 radical (unpaired) electrons. The van der Waals surface area contributed by atoms with Crippen LogP contribution in [0.1, 0.15) is 0 Å². The number of para-hydroxylation sites is 3. The SMILES string of the molecule is O=S1(=O)c2ccccc2-n2c(-n3c4ccccc4c4c5ccccc5ccc43)nc3cccc1c32. The number of nitrogens with zero attached hydrogens (tertiary/aromatic N) is 3. The van der Waals surface area contributed by atoms with Crippen molar-refractivity contribution < 1.29 is 8.42 Å². The van der Waals surface area contributed by atoms with Crippen molar-refractivity contribution in [1.29, 1.82) is 0 Å². The Morgan fingerprint density at radius 2 is 1.34 bits per heavy atom. The standard InChI is InChI=1S/C29H17N3O2S/c33-35(34)25-14-6-5-13-23(25)32-28-21(11-7-15-26(28)35)30-29(32)31-22-12-4-3-10-20(22)27-19-9-2-1-8-18(19)16-17-24(27)31/h1-17H. The zero-order chi connectivity index (χ0) is 23.3. The summed E-state index contributed by atoms with van der Waals surface area (Å²) < 4.78 is 31.2. The van der Waals surface area contributed by atoms with E-state index < -0.39 is 9.84 Å². The van der Waals surface area contributed by atoms with Crippen LogP contribution in [-0.4, -0.2) is 22.5 Å². The lowest BCUT2D eigenvalue weighted by molar-refractivity contribution is 0.594. The Balaban J connectivity index is 1.63. The van der Waals surface area contributed by atoms with Crippen molar-refractivity contribution in [2.24, 2.45) is 0 Å². The quantitative estimate of drug-likeness (QED) is 0.277. The van der Waals surface area contributed by atoms with Gasteiger partial charge in [0.2, 0.25) is 15.8 Å². The molecule has 5 aromatic carbocycles. The van der Waals surface area contributed by atoms with Crippen LogP contribution in [0.2, 0.25) is 0 Å². The molecule has 2 aromatic heterocycles. The second kappa shape index (κ2) is 6.37. The molecule has 5 nitrogen and oxygen atoms in total. The first kappa shape index (κ1) is 18.9. The summed E-state index contributed by atoms with van der Waals surface area (Å²) in [5, 5.41) is 4.65. The van der Waals surface area contributed by atoms with Gasteiger partial charge in [0.05, 0.1) is 37.5 Å². The first-order valence-electron chi connectivity index (χ1n) is 11.4. The molecular formula is C29H17N3O2S. The molecule has 0 amide bonds. The molecule has 1 aliphatic rings. The molecule has 0 saturated heterocycles. The molecule has 166 valence electrons. The van der Waals surface area contributed by atoms with Crippen molar-refractivity contribution in [3.63, 3.8) is 0 Å². The lowest BCUT2D eigenvalue weighted by Crippen LogP contribution is -2.16. The molecule has 0 bridgehead atoms. The summed E-state index contributed by atoms with van der Waals surface area (Å²) >= 11 is 0. The van der Waals surface area contributed by atoms with Crippen LogP contribution in [0.5, 0.6) is 0 Å². The molecule has 35 heavy (non-hydrogen) atoms. The van der Waals surface area contributed by atoms with E-state index in [9.17, 15) is 8.42 Å². The van der Waals surface area contributed by atoms with Gasteiger partial charge in [-0.25, -0.2) is 13.4 Å². The molecule has 8 rings (SSSR count).